The topological polar surface area (TPSA) is 61.8 Å². The van der Waals surface area contributed by atoms with Crippen LogP contribution in [0.5, 0.6) is 0 Å². The van der Waals surface area contributed by atoms with Gasteiger partial charge in [-0.3, -0.25) is 4.79 Å². The monoisotopic (exact) mass is 307 g/mol. The van der Waals surface area contributed by atoms with Gasteiger partial charge in [-0.05, 0) is 36.6 Å². The van der Waals surface area contributed by atoms with E-state index >= 15 is 0 Å². The van der Waals surface area contributed by atoms with Crippen molar-refractivity contribution < 1.29 is 9.28 Å². The summed E-state index contributed by atoms with van der Waals surface area (Å²) in [6.07, 6.45) is 9.58. The van der Waals surface area contributed by atoms with Crippen LogP contribution >= 0.6 is 0 Å². The number of amides is 1. The van der Waals surface area contributed by atoms with Crippen LogP contribution in [-0.4, -0.2) is 56.6 Å². The van der Waals surface area contributed by atoms with Crippen LogP contribution in [0.1, 0.15) is 19.3 Å². The van der Waals surface area contributed by atoms with Gasteiger partial charge in [-0.15, -0.1) is 4.91 Å². The van der Waals surface area contributed by atoms with Crippen LogP contribution in [0.15, 0.2) is 41.0 Å². The van der Waals surface area contributed by atoms with Gasteiger partial charge in [0.2, 0.25) is 0 Å². The third-order valence-corrected chi connectivity index (χ3v) is 3.41. The van der Waals surface area contributed by atoms with E-state index in [4.69, 9.17) is 0 Å². The van der Waals surface area contributed by atoms with Crippen LogP contribution in [0.25, 0.3) is 0 Å². The summed E-state index contributed by atoms with van der Waals surface area (Å²) in [6, 6.07) is 0. The fourth-order valence-electron chi connectivity index (χ4n) is 2.13. The number of hydrogen-bond acceptors (Lipinski definition) is 4. The van der Waals surface area contributed by atoms with Crippen LogP contribution in [0, 0.1) is 4.91 Å². The molecule has 0 fully saturated rings. The summed E-state index contributed by atoms with van der Waals surface area (Å²) in [7, 11) is 8.33. The lowest BCUT2D eigenvalue weighted by Gasteiger charge is -2.23. The maximum absolute atomic E-state index is 12.0. The molecule has 0 atom stereocenters. The van der Waals surface area contributed by atoms with Crippen LogP contribution in [-0.2, 0) is 4.79 Å². The van der Waals surface area contributed by atoms with Crippen molar-refractivity contribution in [2.45, 2.75) is 19.3 Å². The molecule has 0 aromatic rings. The highest BCUT2D eigenvalue weighted by Crippen LogP contribution is 2.15. The van der Waals surface area contributed by atoms with Crippen molar-refractivity contribution in [3.05, 3.63) is 40.7 Å². The van der Waals surface area contributed by atoms with Crippen molar-refractivity contribution in [1.29, 1.82) is 0 Å². The standard InChI is InChI=1S/C16H26N4O2/c1-19-13-14(8-9-15(19)12-18-22)16(21)17-10-6-5-7-11-20(2,3)4/h8-9,12-13H,5-7,10-11H2,1-4H3/p+1/b15-12-. The predicted molar refractivity (Wildman–Crippen MR) is 88.6 cm³/mol. The smallest absolute Gasteiger partial charge is 0.252 e. The van der Waals surface area contributed by atoms with E-state index in [9.17, 15) is 9.70 Å². The van der Waals surface area contributed by atoms with Gasteiger partial charge in [0.15, 0.2) is 0 Å². The van der Waals surface area contributed by atoms with Crippen LogP contribution in [0.2, 0.25) is 0 Å². The van der Waals surface area contributed by atoms with Gasteiger partial charge in [0.25, 0.3) is 5.91 Å². The zero-order valence-electron chi connectivity index (χ0n) is 14.0. The molecule has 1 N–H and O–H groups in total. The van der Waals surface area contributed by atoms with Crippen molar-refractivity contribution >= 4 is 5.91 Å². The largest absolute Gasteiger partial charge is 0.352 e. The first kappa shape index (κ1) is 18.1. The van der Waals surface area contributed by atoms with E-state index in [1.165, 1.54) is 6.20 Å². The van der Waals surface area contributed by atoms with Gasteiger partial charge in [0.1, 0.15) is 0 Å². The van der Waals surface area contributed by atoms with E-state index in [-0.39, 0.29) is 5.91 Å². The fraction of sp³-hybridized carbons (Fsp3) is 0.562. The minimum absolute atomic E-state index is 0.0900. The molecule has 1 heterocycles. The lowest BCUT2D eigenvalue weighted by atomic mass is 10.1. The SMILES string of the molecule is CN1C=C(C(=O)NCCCCC[N+](C)(C)C)C=C/C1=C/N=O. The van der Waals surface area contributed by atoms with Crippen molar-refractivity contribution in [3.8, 4) is 0 Å². The lowest BCUT2D eigenvalue weighted by molar-refractivity contribution is -0.870. The minimum Gasteiger partial charge on any atom is -0.352 e. The number of unbranched alkanes of at least 4 members (excludes halogenated alkanes) is 2. The summed E-state index contributed by atoms with van der Waals surface area (Å²) in [4.78, 5) is 24.0. The second-order valence-electron chi connectivity index (χ2n) is 6.52. The second kappa shape index (κ2) is 8.48. The molecule has 6 nitrogen and oxygen atoms in total. The molecule has 0 unspecified atom stereocenters. The van der Waals surface area contributed by atoms with E-state index in [1.807, 2.05) is 0 Å². The average Bonchev–Trinajstić information content (AvgIpc) is 2.43. The summed E-state index contributed by atoms with van der Waals surface area (Å²) in [5.41, 5.74) is 1.24. The Morgan fingerprint density at radius 3 is 2.59 bits per heavy atom. The molecule has 22 heavy (non-hydrogen) atoms. The summed E-state index contributed by atoms with van der Waals surface area (Å²) in [5.74, 6) is -0.0900. The number of likely N-dealkylation sites (N-methyl/N-ethyl adjacent to an activating group) is 1. The molecule has 0 aromatic heterocycles. The summed E-state index contributed by atoms with van der Waals surface area (Å²) in [5, 5.41) is 5.66. The molecule has 0 radical (unpaired) electrons. The molecule has 1 aliphatic rings. The zero-order chi connectivity index (χ0) is 16.6. The molecule has 1 rings (SSSR count). The maximum atomic E-state index is 12.0. The second-order valence-corrected chi connectivity index (χ2v) is 6.52. The first-order chi connectivity index (χ1) is 10.3. The molecule has 0 aromatic carbocycles. The first-order valence-electron chi connectivity index (χ1n) is 7.57. The van der Waals surface area contributed by atoms with Gasteiger partial charge in [0.05, 0.1) is 45.2 Å². The van der Waals surface area contributed by atoms with Crippen molar-refractivity contribution in [1.82, 2.24) is 10.2 Å². The molecule has 0 saturated heterocycles. The lowest BCUT2D eigenvalue weighted by Crippen LogP contribution is -2.35. The Labute approximate surface area is 132 Å². The van der Waals surface area contributed by atoms with E-state index in [0.29, 0.717) is 17.8 Å². The van der Waals surface area contributed by atoms with E-state index in [0.717, 1.165) is 30.3 Å². The Balaban J connectivity index is 2.29. The molecule has 0 bridgehead atoms. The number of carbonyl (C=O) groups is 1. The van der Waals surface area contributed by atoms with Gasteiger partial charge in [-0.25, -0.2) is 0 Å². The summed E-state index contributed by atoms with van der Waals surface area (Å²) < 4.78 is 0.974. The molecule has 122 valence electrons. The quantitative estimate of drug-likeness (QED) is 0.424. The number of hydrogen-bond donors (Lipinski definition) is 1. The predicted octanol–water partition coefficient (Wildman–Crippen LogP) is 1.97. The molecular formula is C16H27N4O2+. The Hall–Kier alpha value is -1.95. The highest BCUT2D eigenvalue weighted by molar-refractivity contribution is 5.96. The van der Waals surface area contributed by atoms with Crippen molar-refractivity contribution in [2.24, 2.45) is 5.18 Å². The third kappa shape index (κ3) is 6.67. The van der Waals surface area contributed by atoms with Crippen LogP contribution < -0.4 is 5.32 Å². The summed E-state index contributed by atoms with van der Waals surface area (Å²) >= 11 is 0. The fourth-order valence-corrected chi connectivity index (χ4v) is 2.13. The molecule has 0 saturated carbocycles. The Morgan fingerprint density at radius 2 is 2.00 bits per heavy atom. The molecule has 6 heteroatoms. The number of nitroso groups, excluding NO2 is 1. The number of rotatable bonds is 8. The van der Waals surface area contributed by atoms with Gasteiger partial charge in [-0.2, -0.15) is 0 Å². The van der Waals surface area contributed by atoms with Crippen molar-refractivity contribution in [3.63, 3.8) is 0 Å². The molecule has 1 amide bonds. The highest BCUT2D eigenvalue weighted by atomic mass is 16.2. The first-order valence-corrected chi connectivity index (χ1v) is 7.57. The minimum atomic E-state index is -0.0900. The number of nitrogens with zero attached hydrogens (tertiary/aromatic N) is 3. The number of allylic oxidation sites excluding steroid dienone is 1. The van der Waals surface area contributed by atoms with E-state index in [1.54, 1.807) is 30.3 Å². The third-order valence-electron chi connectivity index (χ3n) is 3.41. The number of nitrogens with one attached hydrogen (secondary N) is 1. The molecule has 1 aliphatic heterocycles. The molecular weight excluding hydrogens is 280 g/mol. The molecule has 0 spiro atoms. The van der Waals surface area contributed by atoms with E-state index < -0.39 is 0 Å². The number of carbonyl (C=O) groups excluding carboxylic acids is 1. The van der Waals surface area contributed by atoms with Crippen molar-refractivity contribution in [2.75, 3.05) is 41.3 Å². The maximum Gasteiger partial charge on any atom is 0.252 e. The van der Waals surface area contributed by atoms with E-state index in [2.05, 4.69) is 31.6 Å². The van der Waals surface area contributed by atoms with Gasteiger partial charge in [0, 0.05) is 19.8 Å². The Morgan fingerprint density at radius 1 is 1.27 bits per heavy atom. The number of quaternary nitrogens is 1. The van der Waals surface area contributed by atoms with Crippen LogP contribution in [0.4, 0.5) is 0 Å². The average molecular weight is 307 g/mol. The summed E-state index contributed by atoms with van der Waals surface area (Å²) in [6.45, 7) is 1.83. The Bertz CT molecular complexity index is 487. The zero-order valence-corrected chi connectivity index (χ0v) is 14.0. The highest BCUT2D eigenvalue weighted by Gasteiger charge is 2.13. The van der Waals surface area contributed by atoms with Crippen LogP contribution in [0.3, 0.4) is 0 Å². The van der Waals surface area contributed by atoms with Gasteiger partial charge >= 0.3 is 0 Å². The Kier molecular flexibility index (Phi) is 6.98. The molecule has 0 aliphatic carbocycles. The normalized spacial score (nSPS) is 16.6. The van der Waals surface area contributed by atoms with Gasteiger partial charge < -0.3 is 14.7 Å². The van der Waals surface area contributed by atoms with Gasteiger partial charge in [-0.1, -0.05) is 0 Å².